The lowest BCUT2D eigenvalue weighted by molar-refractivity contribution is -0.386. The fourth-order valence-corrected chi connectivity index (χ4v) is 2.40. The monoisotopic (exact) mass is 416 g/mol. The standard InChI is InChI=1S/C12H6Br2N2O5/c13-7-4-5-10(9(6-7)16(19)20)21-11-3-1-2-8(12(11)14)15(17)18/h1-6H. The summed E-state index contributed by atoms with van der Waals surface area (Å²) in [4.78, 5) is 20.7. The fourth-order valence-electron chi connectivity index (χ4n) is 1.56. The largest absolute Gasteiger partial charge is 0.449 e. The van der Waals surface area contributed by atoms with Crippen LogP contribution in [0.5, 0.6) is 11.5 Å². The van der Waals surface area contributed by atoms with Crippen LogP contribution >= 0.6 is 31.9 Å². The van der Waals surface area contributed by atoms with Crippen LogP contribution in [0.3, 0.4) is 0 Å². The van der Waals surface area contributed by atoms with Crippen LogP contribution in [0.25, 0.3) is 0 Å². The zero-order chi connectivity index (χ0) is 15.6. The number of halogens is 2. The lowest BCUT2D eigenvalue weighted by Gasteiger charge is -2.08. The Hall–Kier alpha value is -2.00. The van der Waals surface area contributed by atoms with Gasteiger partial charge in [0.1, 0.15) is 10.2 Å². The smallest absolute Gasteiger partial charge is 0.312 e. The Labute approximate surface area is 135 Å². The van der Waals surface area contributed by atoms with Gasteiger partial charge in [-0.25, -0.2) is 0 Å². The van der Waals surface area contributed by atoms with E-state index in [9.17, 15) is 20.2 Å². The van der Waals surface area contributed by atoms with Crippen molar-refractivity contribution in [2.24, 2.45) is 0 Å². The zero-order valence-corrected chi connectivity index (χ0v) is 13.3. The molecule has 9 heteroatoms. The molecule has 0 spiro atoms. The van der Waals surface area contributed by atoms with E-state index in [1.165, 1.54) is 30.3 Å². The maximum absolute atomic E-state index is 11.0. The summed E-state index contributed by atoms with van der Waals surface area (Å²) in [5.41, 5.74) is -0.435. The van der Waals surface area contributed by atoms with E-state index < -0.39 is 9.85 Å². The number of nitro groups is 2. The Morgan fingerprint density at radius 1 is 0.905 bits per heavy atom. The van der Waals surface area contributed by atoms with Gasteiger partial charge in [0.15, 0.2) is 0 Å². The van der Waals surface area contributed by atoms with E-state index in [4.69, 9.17) is 4.74 Å². The molecule has 2 aromatic carbocycles. The van der Waals surface area contributed by atoms with Crippen LogP contribution in [0, 0.1) is 20.2 Å². The second kappa shape index (κ2) is 6.19. The van der Waals surface area contributed by atoms with E-state index in [0.29, 0.717) is 4.47 Å². The molecule has 0 radical (unpaired) electrons. The summed E-state index contributed by atoms with van der Waals surface area (Å²) in [6.45, 7) is 0. The topological polar surface area (TPSA) is 95.5 Å². The molecule has 0 unspecified atom stereocenters. The summed E-state index contributed by atoms with van der Waals surface area (Å²) in [5, 5.41) is 21.9. The number of rotatable bonds is 4. The molecule has 7 nitrogen and oxygen atoms in total. The van der Waals surface area contributed by atoms with Gasteiger partial charge in [-0.3, -0.25) is 20.2 Å². The molecule has 0 bridgehead atoms. The Bertz CT molecular complexity index is 736. The second-order valence-electron chi connectivity index (χ2n) is 3.82. The minimum Gasteiger partial charge on any atom is -0.449 e. The van der Waals surface area contributed by atoms with Gasteiger partial charge in [-0.1, -0.05) is 22.0 Å². The first-order valence-corrected chi connectivity index (χ1v) is 7.03. The minimum absolute atomic E-state index is 0.00982. The second-order valence-corrected chi connectivity index (χ2v) is 5.53. The molecule has 21 heavy (non-hydrogen) atoms. The highest BCUT2D eigenvalue weighted by Gasteiger charge is 2.20. The Morgan fingerprint density at radius 2 is 1.57 bits per heavy atom. The van der Waals surface area contributed by atoms with Gasteiger partial charge in [-0.05, 0) is 34.1 Å². The van der Waals surface area contributed by atoms with Crippen molar-refractivity contribution >= 4 is 43.2 Å². The number of nitro benzene ring substituents is 2. The number of ether oxygens (including phenoxy) is 1. The van der Waals surface area contributed by atoms with Gasteiger partial charge < -0.3 is 4.74 Å². The lowest BCUT2D eigenvalue weighted by atomic mass is 10.3. The fraction of sp³-hybridized carbons (Fsp3) is 0. The first-order valence-electron chi connectivity index (χ1n) is 5.45. The van der Waals surface area contributed by atoms with Gasteiger partial charge >= 0.3 is 5.69 Å². The summed E-state index contributed by atoms with van der Waals surface area (Å²) in [6, 6.07) is 8.49. The molecule has 0 fully saturated rings. The highest BCUT2D eigenvalue weighted by molar-refractivity contribution is 9.11. The maximum Gasteiger partial charge on any atom is 0.312 e. The quantitative estimate of drug-likeness (QED) is 0.524. The molecule has 2 aromatic rings. The van der Waals surface area contributed by atoms with Gasteiger partial charge in [0, 0.05) is 16.6 Å². The van der Waals surface area contributed by atoms with Gasteiger partial charge in [-0.15, -0.1) is 0 Å². The van der Waals surface area contributed by atoms with Crippen LogP contribution in [0.4, 0.5) is 11.4 Å². The highest BCUT2D eigenvalue weighted by Crippen LogP contribution is 2.39. The van der Waals surface area contributed by atoms with Crippen molar-refractivity contribution in [2.45, 2.75) is 0 Å². The van der Waals surface area contributed by atoms with Gasteiger partial charge in [0.05, 0.1) is 9.85 Å². The number of nitrogens with zero attached hydrogens (tertiary/aromatic N) is 2. The molecule has 0 atom stereocenters. The van der Waals surface area contributed by atoms with Crippen molar-refractivity contribution in [3.8, 4) is 11.5 Å². The summed E-state index contributed by atoms with van der Waals surface area (Å²) >= 11 is 6.21. The van der Waals surface area contributed by atoms with E-state index in [0.717, 1.165) is 0 Å². The zero-order valence-electron chi connectivity index (χ0n) is 10.2. The van der Waals surface area contributed by atoms with E-state index in [1.807, 2.05) is 0 Å². The van der Waals surface area contributed by atoms with E-state index >= 15 is 0 Å². The molecule has 0 aliphatic heterocycles. The summed E-state index contributed by atoms with van der Waals surface area (Å²) in [5.74, 6) is 0.110. The summed E-state index contributed by atoms with van der Waals surface area (Å²) in [7, 11) is 0. The van der Waals surface area contributed by atoms with Crippen molar-refractivity contribution in [3.05, 3.63) is 65.6 Å². The van der Waals surface area contributed by atoms with E-state index in [-0.39, 0.29) is 27.3 Å². The molecule has 0 saturated heterocycles. The van der Waals surface area contributed by atoms with Crippen LogP contribution in [-0.4, -0.2) is 9.85 Å². The third kappa shape index (κ3) is 3.37. The molecule has 0 N–H and O–H groups in total. The molecule has 0 aliphatic carbocycles. The van der Waals surface area contributed by atoms with Gasteiger partial charge in [0.25, 0.3) is 5.69 Å². The van der Waals surface area contributed by atoms with Crippen LogP contribution in [-0.2, 0) is 0 Å². The predicted octanol–water partition coefficient (Wildman–Crippen LogP) is 4.82. The van der Waals surface area contributed by atoms with Crippen molar-refractivity contribution < 1.29 is 14.6 Å². The maximum atomic E-state index is 11.0. The summed E-state index contributed by atoms with van der Waals surface area (Å²) < 4.78 is 6.08. The molecule has 0 heterocycles. The molecule has 2 rings (SSSR count). The predicted molar refractivity (Wildman–Crippen MR) is 81.7 cm³/mol. The van der Waals surface area contributed by atoms with Gasteiger partial charge in [-0.2, -0.15) is 0 Å². The first kappa shape index (κ1) is 15.4. The first-order chi connectivity index (χ1) is 9.90. The Kier molecular flexibility index (Phi) is 4.53. The minimum atomic E-state index is -0.592. The van der Waals surface area contributed by atoms with Crippen LogP contribution in [0.2, 0.25) is 0 Å². The molecule has 0 aliphatic rings. The SMILES string of the molecule is O=[N+]([O-])c1cc(Br)ccc1Oc1cccc([N+](=O)[O-])c1Br. The average Bonchev–Trinajstić information content (AvgIpc) is 2.42. The third-order valence-corrected chi connectivity index (χ3v) is 3.77. The van der Waals surface area contributed by atoms with Crippen molar-refractivity contribution in [2.75, 3.05) is 0 Å². The van der Waals surface area contributed by atoms with Crippen LogP contribution < -0.4 is 4.74 Å². The Balaban J connectivity index is 2.46. The van der Waals surface area contributed by atoms with Crippen LogP contribution in [0.1, 0.15) is 0 Å². The van der Waals surface area contributed by atoms with E-state index in [1.54, 1.807) is 6.07 Å². The summed E-state index contributed by atoms with van der Waals surface area (Å²) in [6.07, 6.45) is 0. The number of hydrogen-bond acceptors (Lipinski definition) is 5. The van der Waals surface area contributed by atoms with E-state index in [2.05, 4.69) is 31.9 Å². The molecule has 108 valence electrons. The molecular weight excluding hydrogens is 412 g/mol. The highest BCUT2D eigenvalue weighted by atomic mass is 79.9. The van der Waals surface area contributed by atoms with Crippen molar-refractivity contribution in [3.63, 3.8) is 0 Å². The van der Waals surface area contributed by atoms with Gasteiger partial charge in [0.2, 0.25) is 5.75 Å². The van der Waals surface area contributed by atoms with Crippen molar-refractivity contribution in [1.29, 1.82) is 0 Å². The molecule has 0 amide bonds. The third-order valence-electron chi connectivity index (χ3n) is 2.48. The number of benzene rings is 2. The van der Waals surface area contributed by atoms with Crippen LogP contribution in [0.15, 0.2) is 45.3 Å². The molecule has 0 saturated carbocycles. The Morgan fingerprint density at radius 3 is 2.19 bits per heavy atom. The average molecular weight is 418 g/mol. The normalized spacial score (nSPS) is 10.2. The molecule has 0 aromatic heterocycles. The lowest BCUT2D eigenvalue weighted by Crippen LogP contribution is -1.95. The number of hydrogen-bond donors (Lipinski definition) is 0. The molecular formula is C12H6Br2N2O5. The van der Waals surface area contributed by atoms with Crippen molar-refractivity contribution in [1.82, 2.24) is 0 Å².